The lowest BCUT2D eigenvalue weighted by atomic mass is 10.0. The predicted molar refractivity (Wildman–Crippen MR) is 78.0 cm³/mol. The second kappa shape index (κ2) is 6.43. The predicted octanol–water partition coefficient (Wildman–Crippen LogP) is 2.07. The van der Waals surface area contributed by atoms with Gasteiger partial charge in [-0.3, -0.25) is 4.68 Å². The van der Waals surface area contributed by atoms with Gasteiger partial charge < -0.3 is 15.2 Å². The molecule has 1 heterocycles. The second-order valence-electron chi connectivity index (χ2n) is 4.74. The summed E-state index contributed by atoms with van der Waals surface area (Å²) >= 11 is 0. The van der Waals surface area contributed by atoms with Gasteiger partial charge in [0.1, 0.15) is 11.5 Å². The Morgan fingerprint density at radius 1 is 1.20 bits per heavy atom. The third-order valence-corrected chi connectivity index (χ3v) is 3.44. The number of methoxy groups -OCH3 is 2. The molecule has 0 fully saturated rings. The van der Waals surface area contributed by atoms with E-state index in [-0.39, 0.29) is 6.04 Å². The highest BCUT2D eigenvalue weighted by atomic mass is 16.5. The third kappa shape index (κ3) is 3.30. The summed E-state index contributed by atoms with van der Waals surface area (Å²) in [5.41, 5.74) is 8.46. The van der Waals surface area contributed by atoms with Crippen molar-refractivity contribution in [3.63, 3.8) is 0 Å². The maximum absolute atomic E-state index is 6.27. The van der Waals surface area contributed by atoms with Gasteiger partial charge >= 0.3 is 0 Å². The van der Waals surface area contributed by atoms with Gasteiger partial charge in [0.2, 0.25) is 0 Å². The minimum atomic E-state index is -0.0612. The van der Waals surface area contributed by atoms with E-state index in [0.29, 0.717) is 0 Å². The van der Waals surface area contributed by atoms with Crippen molar-refractivity contribution in [1.29, 1.82) is 0 Å². The molecule has 5 nitrogen and oxygen atoms in total. The minimum Gasteiger partial charge on any atom is -0.497 e. The van der Waals surface area contributed by atoms with Crippen LogP contribution in [0.25, 0.3) is 0 Å². The van der Waals surface area contributed by atoms with Crippen molar-refractivity contribution in [3.8, 4) is 11.5 Å². The molecule has 0 amide bonds. The van der Waals surface area contributed by atoms with Crippen LogP contribution in [0.3, 0.4) is 0 Å². The molecule has 2 rings (SSSR count). The van der Waals surface area contributed by atoms with Crippen LogP contribution in [-0.4, -0.2) is 24.0 Å². The molecule has 0 aliphatic carbocycles. The van der Waals surface area contributed by atoms with Crippen LogP contribution in [0.2, 0.25) is 0 Å². The number of nitrogens with zero attached hydrogens (tertiary/aromatic N) is 2. The van der Waals surface area contributed by atoms with Gasteiger partial charge in [0, 0.05) is 31.0 Å². The summed E-state index contributed by atoms with van der Waals surface area (Å²) in [5, 5.41) is 4.16. The van der Waals surface area contributed by atoms with Crippen LogP contribution in [0.4, 0.5) is 0 Å². The fourth-order valence-electron chi connectivity index (χ4n) is 2.16. The Morgan fingerprint density at radius 2 is 1.85 bits per heavy atom. The Morgan fingerprint density at radius 3 is 2.35 bits per heavy atom. The van der Waals surface area contributed by atoms with Crippen molar-refractivity contribution >= 4 is 0 Å². The first kappa shape index (κ1) is 14.4. The molecule has 0 saturated heterocycles. The van der Waals surface area contributed by atoms with Gasteiger partial charge in [0.05, 0.1) is 14.2 Å². The van der Waals surface area contributed by atoms with E-state index in [4.69, 9.17) is 15.2 Å². The van der Waals surface area contributed by atoms with E-state index in [1.54, 1.807) is 20.4 Å². The minimum absolute atomic E-state index is 0.0612. The largest absolute Gasteiger partial charge is 0.497 e. The highest BCUT2D eigenvalue weighted by Crippen LogP contribution is 2.27. The van der Waals surface area contributed by atoms with Crippen LogP contribution in [0, 0.1) is 0 Å². The van der Waals surface area contributed by atoms with Gasteiger partial charge in [-0.2, -0.15) is 5.10 Å². The number of hydrogen-bond acceptors (Lipinski definition) is 4. The Labute approximate surface area is 119 Å². The standard InChI is InChI=1S/C15H21N3O2/c1-18-12(6-7-17-18)4-5-15(16)11-8-13(19-2)10-14(9-11)20-3/h6-10,15H,4-5,16H2,1-3H3. The van der Waals surface area contributed by atoms with Crippen molar-refractivity contribution in [1.82, 2.24) is 9.78 Å². The monoisotopic (exact) mass is 275 g/mol. The zero-order chi connectivity index (χ0) is 14.5. The summed E-state index contributed by atoms with van der Waals surface area (Å²) in [5.74, 6) is 1.52. The smallest absolute Gasteiger partial charge is 0.122 e. The second-order valence-corrected chi connectivity index (χ2v) is 4.74. The van der Waals surface area contributed by atoms with E-state index in [9.17, 15) is 0 Å². The molecule has 5 heteroatoms. The fraction of sp³-hybridized carbons (Fsp3) is 0.400. The summed E-state index contributed by atoms with van der Waals surface area (Å²) in [7, 11) is 5.22. The SMILES string of the molecule is COc1cc(OC)cc(C(N)CCc2ccnn2C)c1. The highest BCUT2D eigenvalue weighted by molar-refractivity contribution is 5.39. The van der Waals surface area contributed by atoms with Crippen LogP contribution in [0.15, 0.2) is 30.5 Å². The average Bonchev–Trinajstić information content (AvgIpc) is 2.89. The van der Waals surface area contributed by atoms with Crippen LogP contribution < -0.4 is 15.2 Å². The Balaban J connectivity index is 2.08. The lowest BCUT2D eigenvalue weighted by Crippen LogP contribution is -2.12. The maximum Gasteiger partial charge on any atom is 0.122 e. The molecule has 1 aromatic heterocycles. The molecular formula is C15H21N3O2. The molecule has 0 saturated carbocycles. The van der Waals surface area contributed by atoms with Crippen molar-refractivity contribution in [2.24, 2.45) is 12.8 Å². The number of nitrogens with two attached hydrogens (primary N) is 1. The first-order chi connectivity index (χ1) is 9.63. The van der Waals surface area contributed by atoms with Gasteiger partial charge in [0.25, 0.3) is 0 Å². The first-order valence-corrected chi connectivity index (χ1v) is 6.59. The molecule has 1 atom stereocenters. The lowest BCUT2D eigenvalue weighted by molar-refractivity contribution is 0.392. The summed E-state index contributed by atoms with van der Waals surface area (Å²) in [6.07, 6.45) is 3.53. The van der Waals surface area contributed by atoms with Crippen molar-refractivity contribution in [2.45, 2.75) is 18.9 Å². The van der Waals surface area contributed by atoms with E-state index < -0.39 is 0 Å². The molecule has 0 aliphatic rings. The average molecular weight is 275 g/mol. The van der Waals surface area contributed by atoms with Crippen molar-refractivity contribution < 1.29 is 9.47 Å². The number of ether oxygens (including phenoxy) is 2. The van der Waals surface area contributed by atoms with Crippen molar-refractivity contribution in [2.75, 3.05) is 14.2 Å². The maximum atomic E-state index is 6.27. The summed E-state index contributed by atoms with van der Waals surface area (Å²) < 4.78 is 12.4. The van der Waals surface area contributed by atoms with Gasteiger partial charge in [-0.1, -0.05) is 0 Å². The molecule has 1 unspecified atom stereocenters. The summed E-state index contributed by atoms with van der Waals surface area (Å²) in [6, 6.07) is 7.71. The number of rotatable bonds is 6. The zero-order valence-electron chi connectivity index (χ0n) is 12.2. The highest BCUT2D eigenvalue weighted by Gasteiger charge is 2.11. The van der Waals surface area contributed by atoms with Crippen LogP contribution in [0.1, 0.15) is 23.7 Å². The molecule has 0 radical (unpaired) electrons. The number of aromatic nitrogens is 2. The molecule has 20 heavy (non-hydrogen) atoms. The molecule has 0 spiro atoms. The topological polar surface area (TPSA) is 62.3 Å². The Hall–Kier alpha value is -2.01. The van der Waals surface area contributed by atoms with E-state index in [2.05, 4.69) is 5.10 Å². The molecule has 2 aromatic rings. The fourth-order valence-corrected chi connectivity index (χ4v) is 2.16. The van der Waals surface area contributed by atoms with E-state index in [0.717, 1.165) is 29.9 Å². The van der Waals surface area contributed by atoms with Gasteiger partial charge in [0.15, 0.2) is 0 Å². The third-order valence-electron chi connectivity index (χ3n) is 3.44. The van der Waals surface area contributed by atoms with E-state index in [1.807, 2.05) is 36.0 Å². The van der Waals surface area contributed by atoms with Crippen LogP contribution in [-0.2, 0) is 13.5 Å². The number of hydrogen-bond donors (Lipinski definition) is 1. The molecule has 0 aliphatic heterocycles. The van der Waals surface area contributed by atoms with E-state index >= 15 is 0 Å². The van der Waals surface area contributed by atoms with Gasteiger partial charge in [-0.15, -0.1) is 0 Å². The lowest BCUT2D eigenvalue weighted by Gasteiger charge is -2.15. The quantitative estimate of drug-likeness (QED) is 0.876. The van der Waals surface area contributed by atoms with Crippen molar-refractivity contribution in [3.05, 3.63) is 41.7 Å². The van der Waals surface area contributed by atoms with Crippen LogP contribution in [0.5, 0.6) is 11.5 Å². The molecule has 2 N–H and O–H groups in total. The molecule has 108 valence electrons. The van der Waals surface area contributed by atoms with Gasteiger partial charge in [-0.05, 0) is 36.6 Å². The van der Waals surface area contributed by atoms with Crippen LogP contribution >= 0.6 is 0 Å². The molecule has 1 aromatic carbocycles. The number of aryl methyl sites for hydroxylation is 2. The first-order valence-electron chi connectivity index (χ1n) is 6.59. The normalized spacial score (nSPS) is 12.2. The Bertz CT molecular complexity index is 544. The van der Waals surface area contributed by atoms with Gasteiger partial charge in [-0.25, -0.2) is 0 Å². The number of benzene rings is 1. The molecule has 0 bridgehead atoms. The summed E-state index contributed by atoms with van der Waals surface area (Å²) in [4.78, 5) is 0. The summed E-state index contributed by atoms with van der Waals surface area (Å²) in [6.45, 7) is 0. The molecular weight excluding hydrogens is 254 g/mol. The van der Waals surface area contributed by atoms with E-state index in [1.165, 1.54) is 5.69 Å². The zero-order valence-corrected chi connectivity index (χ0v) is 12.2. The Kier molecular flexibility index (Phi) is 4.63.